The van der Waals surface area contributed by atoms with Crippen molar-refractivity contribution in [3.05, 3.63) is 0 Å². The van der Waals surface area contributed by atoms with Gasteiger partial charge in [-0.1, -0.05) is 142 Å². The van der Waals surface area contributed by atoms with Crippen LogP contribution in [0.4, 0.5) is 0 Å². The van der Waals surface area contributed by atoms with Gasteiger partial charge >= 0.3 is 11.9 Å². The van der Waals surface area contributed by atoms with Crippen molar-refractivity contribution >= 4 is 11.9 Å². The number of carbonyl (C=O) groups is 2. The van der Waals surface area contributed by atoms with Crippen molar-refractivity contribution in [3.8, 4) is 0 Å². The van der Waals surface area contributed by atoms with Crippen LogP contribution in [0.5, 0.6) is 0 Å². The van der Waals surface area contributed by atoms with Crippen LogP contribution in [0.2, 0.25) is 0 Å². The molecule has 0 aliphatic rings. The van der Waals surface area contributed by atoms with Gasteiger partial charge in [0, 0.05) is 12.8 Å². The molecule has 0 saturated heterocycles. The first-order valence-corrected chi connectivity index (χ1v) is 16.0. The summed E-state index contributed by atoms with van der Waals surface area (Å²) in [5, 5.41) is 0. The molecule has 214 valence electrons. The average molecular weight is 511 g/mol. The lowest BCUT2D eigenvalue weighted by Gasteiger charge is -2.06. The summed E-state index contributed by atoms with van der Waals surface area (Å²) in [7, 11) is 0. The maximum absolute atomic E-state index is 11.8. The molecule has 0 unspecified atom stereocenters. The molecule has 0 aliphatic carbocycles. The Morgan fingerprint density at radius 3 is 0.917 bits per heavy atom. The van der Waals surface area contributed by atoms with Crippen molar-refractivity contribution < 1.29 is 19.1 Å². The second kappa shape index (κ2) is 30.2. The highest BCUT2D eigenvalue weighted by Gasteiger charge is 2.04. The standard InChI is InChI=1S/C32H62O4/c1-3-5-7-9-17-21-25-29-35-31(33)27-23-19-15-13-11-12-14-16-20-24-28-32(34)36-30-26-22-18-10-8-6-4-2/h3-30H2,1-2H3. The fourth-order valence-corrected chi connectivity index (χ4v) is 4.59. The molecule has 0 bridgehead atoms. The van der Waals surface area contributed by atoms with E-state index in [9.17, 15) is 9.59 Å². The number of rotatable bonds is 29. The van der Waals surface area contributed by atoms with Crippen LogP contribution in [0.25, 0.3) is 0 Å². The molecule has 0 radical (unpaired) electrons. The summed E-state index contributed by atoms with van der Waals surface area (Å²) in [5.74, 6) is -0.0228. The monoisotopic (exact) mass is 510 g/mol. The normalized spacial score (nSPS) is 11.1. The summed E-state index contributed by atoms with van der Waals surface area (Å²) in [4.78, 5) is 23.6. The van der Waals surface area contributed by atoms with Crippen molar-refractivity contribution in [1.29, 1.82) is 0 Å². The van der Waals surface area contributed by atoms with Crippen molar-refractivity contribution in [2.45, 2.75) is 181 Å². The fourth-order valence-electron chi connectivity index (χ4n) is 4.59. The lowest BCUT2D eigenvalue weighted by molar-refractivity contribution is -0.144. The van der Waals surface area contributed by atoms with Gasteiger partial charge in [0.1, 0.15) is 0 Å². The summed E-state index contributed by atoms with van der Waals surface area (Å²) in [6, 6.07) is 0. The molecule has 0 spiro atoms. The molecule has 0 aromatic rings. The molecule has 0 heterocycles. The highest BCUT2D eigenvalue weighted by atomic mass is 16.5. The molecule has 0 atom stereocenters. The number of ether oxygens (including phenoxy) is 2. The SMILES string of the molecule is CCCCCCCCCOC(=O)CCCCCCCCCCCCC(=O)OCCCCCCCCC. The Labute approximate surface area is 225 Å². The van der Waals surface area contributed by atoms with Gasteiger partial charge in [0.15, 0.2) is 0 Å². The molecule has 36 heavy (non-hydrogen) atoms. The Balaban J connectivity index is 3.22. The molecule has 0 amide bonds. The van der Waals surface area contributed by atoms with Crippen LogP contribution in [0.3, 0.4) is 0 Å². The quantitative estimate of drug-likeness (QED) is 0.0741. The van der Waals surface area contributed by atoms with E-state index >= 15 is 0 Å². The number of esters is 2. The lowest BCUT2D eigenvalue weighted by atomic mass is 10.1. The third-order valence-electron chi connectivity index (χ3n) is 7.03. The molecule has 0 aromatic heterocycles. The average Bonchev–Trinajstić information content (AvgIpc) is 2.87. The fraction of sp³-hybridized carbons (Fsp3) is 0.938. The molecule has 0 saturated carbocycles. The largest absolute Gasteiger partial charge is 0.466 e. The number of hydrogen-bond acceptors (Lipinski definition) is 4. The van der Waals surface area contributed by atoms with Gasteiger partial charge in [-0.05, 0) is 25.7 Å². The molecular weight excluding hydrogens is 448 g/mol. The smallest absolute Gasteiger partial charge is 0.305 e. The van der Waals surface area contributed by atoms with Crippen molar-refractivity contribution in [2.24, 2.45) is 0 Å². The van der Waals surface area contributed by atoms with Crippen molar-refractivity contribution in [1.82, 2.24) is 0 Å². The summed E-state index contributed by atoms with van der Waals surface area (Å²) in [5.41, 5.74) is 0. The predicted molar refractivity (Wildman–Crippen MR) is 153 cm³/mol. The van der Waals surface area contributed by atoms with E-state index in [1.54, 1.807) is 0 Å². The van der Waals surface area contributed by atoms with E-state index in [4.69, 9.17) is 9.47 Å². The molecule has 4 nitrogen and oxygen atoms in total. The molecule has 0 aromatic carbocycles. The Hall–Kier alpha value is -1.06. The Kier molecular flexibility index (Phi) is 29.3. The van der Waals surface area contributed by atoms with Crippen LogP contribution in [0.15, 0.2) is 0 Å². The van der Waals surface area contributed by atoms with Crippen LogP contribution in [-0.2, 0) is 19.1 Å². The van der Waals surface area contributed by atoms with Gasteiger partial charge in [-0.3, -0.25) is 9.59 Å². The van der Waals surface area contributed by atoms with Gasteiger partial charge in [-0.15, -0.1) is 0 Å². The van der Waals surface area contributed by atoms with Gasteiger partial charge in [0.05, 0.1) is 13.2 Å². The van der Waals surface area contributed by atoms with Crippen LogP contribution in [-0.4, -0.2) is 25.2 Å². The van der Waals surface area contributed by atoms with E-state index in [2.05, 4.69) is 13.8 Å². The maximum Gasteiger partial charge on any atom is 0.305 e. The second-order valence-corrected chi connectivity index (χ2v) is 10.7. The molecular formula is C32H62O4. The first kappa shape index (κ1) is 34.9. The Morgan fingerprint density at radius 2 is 0.611 bits per heavy atom. The maximum atomic E-state index is 11.8. The van der Waals surface area contributed by atoms with E-state index in [0.29, 0.717) is 26.1 Å². The predicted octanol–water partition coefficient (Wildman–Crippen LogP) is 10.3. The number of hydrogen-bond donors (Lipinski definition) is 0. The van der Waals surface area contributed by atoms with E-state index in [0.717, 1.165) is 38.5 Å². The zero-order valence-electron chi connectivity index (χ0n) is 24.4. The molecule has 0 fully saturated rings. The molecule has 4 heteroatoms. The third-order valence-corrected chi connectivity index (χ3v) is 7.03. The number of unbranched alkanes of at least 4 members (excludes halogenated alkanes) is 21. The first-order valence-electron chi connectivity index (χ1n) is 16.0. The highest BCUT2D eigenvalue weighted by Crippen LogP contribution is 2.13. The van der Waals surface area contributed by atoms with E-state index in [1.165, 1.54) is 116 Å². The van der Waals surface area contributed by atoms with E-state index in [-0.39, 0.29) is 11.9 Å². The molecule has 0 aliphatic heterocycles. The Bertz CT molecular complexity index is 421. The highest BCUT2D eigenvalue weighted by molar-refractivity contribution is 5.69. The minimum absolute atomic E-state index is 0.0114. The second-order valence-electron chi connectivity index (χ2n) is 10.7. The van der Waals surface area contributed by atoms with Crippen molar-refractivity contribution in [3.63, 3.8) is 0 Å². The minimum atomic E-state index is -0.0114. The summed E-state index contributed by atoms with van der Waals surface area (Å²) in [6.07, 6.45) is 30.4. The van der Waals surface area contributed by atoms with E-state index in [1.807, 2.05) is 0 Å². The van der Waals surface area contributed by atoms with Crippen molar-refractivity contribution in [2.75, 3.05) is 13.2 Å². The minimum Gasteiger partial charge on any atom is -0.466 e. The third kappa shape index (κ3) is 29.2. The van der Waals surface area contributed by atoms with E-state index < -0.39 is 0 Å². The van der Waals surface area contributed by atoms with Crippen LogP contribution >= 0.6 is 0 Å². The summed E-state index contributed by atoms with van der Waals surface area (Å²) in [6.45, 7) is 5.69. The van der Waals surface area contributed by atoms with Crippen LogP contribution in [0.1, 0.15) is 181 Å². The summed E-state index contributed by atoms with van der Waals surface area (Å²) < 4.78 is 10.7. The van der Waals surface area contributed by atoms with Gasteiger partial charge in [-0.2, -0.15) is 0 Å². The van der Waals surface area contributed by atoms with Gasteiger partial charge in [0.25, 0.3) is 0 Å². The lowest BCUT2D eigenvalue weighted by Crippen LogP contribution is -2.05. The van der Waals surface area contributed by atoms with Gasteiger partial charge < -0.3 is 9.47 Å². The zero-order chi connectivity index (χ0) is 26.4. The first-order chi connectivity index (χ1) is 17.7. The van der Waals surface area contributed by atoms with Gasteiger partial charge in [-0.25, -0.2) is 0 Å². The zero-order valence-corrected chi connectivity index (χ0v) is 24.4. The molecule has 0 N–H and O–H groups in total. The topological polar surface area (TPSA) is 52.6 Å². The summed E-state index contributed by atoms with van der Waals surface area (Å²) >= 11 is 0. The number of carbonyl (C=O) groups excluding carboxylic acids is 2. The molecule has 0 rings (SSSR count). The van der Waals surface area contributed by atoms with Gasteiger partial charge in [0.2, 0.25) is 0 Å². The van der Waals surface area contributed by atoms with Crippen LogP contribution < -0.4 is 0 Å². The van der Waals surface area contributed by atoms with Crippen LogP contribution in [0, 0.1) is 0 Å². The Morgan fingerprint density at radius 1 is 0.361 bits per heavy atom.